The summed E-state index contributed by atoms with van der Waals surface area (Å²) in [7, 11) is 2.22. The van der Waals surface area contributed by atoms with Crippen molar-refractivity contribution in [2.45, 2.75) is 59.8 Å². The van der Waals surface area contributed by atoms with Gasteiger partial charge in [0.15, 0.2) is 0 Å². The van der Waals surface area contributed by atoms with Gasteiger partial charge in [-0.2, -0.15) is 35.9 Å². The number of hydrogen-bond acceptors (Lipinski definition) is 1. The second-order valence-electron chi connectivity index (χ2n) is 8.91. The second-order valence-corrected chi connectivity index (χ2v) is 8.91. The normalized spacial score (nSPS) is 13.6. The van der Waals surface area contributed by atoms with Crippen LogP contribution in [0.1, 0.15) is 54.5 Å². The van der Waals surface area contributed by atoms with E-state index in [1.807, 2.05) is 12.1 Å². The SMILES string of the molecule is CCc1cc[c-]cc1.CCc1cccc(C)c1C.CN1CCC(Cc2ccccc2)CC1.[Rh]. The van der Waals surface area contributed by atoms with Crippen LogP contribution < -0.4 is 0 Å². The van der Waals surface area contributed by atoms with E-state index >= 15 is 0 Å². The summed E-state index contributed by atoms with van der Waals surface area (Å²) in [5.74, 6) is 0.911. The van der Waals surface area contributed by atoms with Gasteiger partial charge in [0, 0.05) is 19.5 Å². The molecule has 0 spiro atoms. The largest absolute Gasteiger partial charge is 0.306 e. The van der Waals surface area contributed by atoms with Gasteiger partial charge in [0.1, 0.15) is 0 Å². The summed E-state index contributed by atoms with van der Waals surface area (Å²) in [6.07, 6.45) is 6.27. The Morgan fingerprint density at radius 2 is 1.42 bits per heavy atom. The predicted molar refractivity (Wildman–Crippen MR) is 140 cm³/mol. The minimum absolute atomic E-state index is 0. The topological polar surface area (TPSA) is 3.24 Å². The average molecular weight is 532 g/mol. The molecular weight excluding hydrogens is 489 g/mol. The van der Waals surface area contributed by atoms with E-state index in [-0.39, 0.29) is 19.5 Å². The Labute approximate surface area is 216 Å². The number of piperidine rings is 1. The fourth-order valence-corrected chi connectivity index (χ4v) is 4.07. The van der Waals surface area contributed by atoms with Crippen LogP contribution in [0.2, 0.25) is 0 Å². The quantitative estimate of drug-likeness (QED) is 0.249. The number of benzene rings is 3. The molecule has 1 aliphatic heterocycles. The van der Waals surface area contributed by atoms with Crippen LogP contribution in [0.3, 0.4) is 0 Å². The zero-order valence-electron chi connectivity index (χ0n) is 21.2. The van der Waals surface area contributed by atoms with E-state index in [0.717, 1.165) is 18.8 Å². The number of aryl methyl sites for hydroxylation is 3. The second kappa shape index (κ2) is 16.8. The third-order valence-corrected chi connectivity index (χ3v) is 6.50. The van der Waals surface area contributed by atoms with Crippen LogP contribution in [0.5, 0.6) is 0 Å². The molecule has 0 saturated carbocycles. The van der Waals surface area contributed by atoms with Crippen molar-refractivity contribution < 1.29 is 19.5 Å². The van der Waals surface area contributed by atoms with E-state index < -0.39 is 0 Å². The summed E-state index contributed by atoms with van der Waals surface area (Å²) >= 11 is 0. The first-order valence-corrected chi connectivity index (χ1v) is 12.3. The number of nitrogens with zero attached hydrogens (tertiary/aromatic N) is 1. The molecule has 0 atom stereocenters. The third kappa shape index (κ3) is 11.3. The maximum atomic E-state index is 2.97. The maximum Gasteiger partial charge on any atom is 0 e. The summed E-state index contributed by atoms with van der Waals surface area (Å²) < 4.78 is 0. The molecule has 181 valence electrons. The Balaban J connectivity index is 0.000000255. The molecule has 0 N–H and O–H groups in total. The zero-order chi connectivity index (χ0) is 23.2. The van der Waals surface area contributed by atoms with Crippen LogP contribution in [0.4, 0.5) is 0 Å². The molecule has 2 heteroatoms. The van der Waals surface area contributed by atoms with Gasteiger partial charge in [-0.1, -0.05) is 68.8 Å². The molecule has 1 saturated heterocycles. The Hall–Kier alpha value is -1.76. The molecule has 3 aromatic rings. The van der Waals surface area contributed by atoms with Crippen molar-refractivity contribution in [1.82, 2.24) is 4.90 Å². The fourth-order valence-electron chi connectivity index (χ4n) is 4.07. The van der Waals surface area contributed by atoms with Crippen LogP contribution in [0.25, 0.3) is 0 Å². The molecule has 0 unspecified atom stereocenters. The van der Waals surface area contributed by atoms with E-state index in [9.17, 15) is 0 Å². The molecule has 1 aliphatic rings. The minimum Gasteiger partial charge on any atom is -0.306 e. The Kier molecular flexibility index (Phi) is 14.9. The Morgan fingerprint density at radius 1 is 0.788 bits per heavy atom. The first-order chi connectivity index (χ1) is 15.5. The summed E-state index contributed by atoms with van der Waals surface area (Å²) in [6.45, 7) is 11.2. The van der Waals surface area contributed by atoms with Crippen molar-refractivity contribution in [3.05, 3.63) is 107 Å². The van der Waals surface area contributed by atoms with Crippen LogP contribution in [-0.4, -0.2) is 25.0 Å². The van der Waals surface area contributed by atoms with E-state index in [2.05, 4.69) is 106 Å². The third-order valence-electron chi connectivity index (χ3n) is 6.50. The van der Waals surface area contributed by atoms with Crippen molar-refractivity contribution in [2.24, 2.45) is 5.92 Å². The molecule has 0 amide bonds. The van der Waals surface area contributed by atoms with Crippen molar-refractivity contribution in [1.29, 1.82) is 0 Å². The maximum absolute atomic E-state index is 2.97. The molecule has 0 aliphatic carbocycles. The van der Waals surface area contributed by atoms with E-state index in [4.69, 9.17) is 0 Å². The van der Waals surface area contributed by atoms with Gasteiger partial charge < -0.3 is 4.90 Å². The summed E-state index contributed by atoms with van der Waals surface area (Å²) in [4.78, 5) is 2.43. The molecule has 1 radical (unpaired) electrons. The van der Waals surface area contributed by atoms with Crippen molar-refractivity contribution in [3.63, 3.8) is 0 Å². The average Bonchev–Trinajstić information content (AvgIpc) is 2.84. The monoisotopic (exact) mass is 531 g/mol. The van der Waals surface area contributed by atoms with Crippen LogP contribution in [-0.2, 0) is 38.7 Å². The smallest absolute Gasteiger partial charge is 0 e. The van der Waals surface area contributed by atoms with Gasteiger partial charge in [0.25, 0.3) is 0 Å². The van der Waals surface area contributed by atoms with Crippen LogP contribution >= 0.6 is 0 Å². The minimum atomic E-state index is 0. The van der Waals surface area contributed by atoms with Gasteiger partial charge in [-0.3, -0.25) is 0 Å². The van der Waals surface area contributed by atoms with Crippen molar-refractivity contribution >= 4 is 0 Å². The molecule has 1 nitrogen and oxygen atoms in total. The van der Waals surface area contributed by atoms with Gasteiger partial charge in [-0.25, -0.2) is 0 Å². The van der Waals surface area contributed by atoms with Gasteiger partial charge >= 0.3 is 0 Å². The van der Waals surface area contributed by atoms with E-state index in [1.165, 1.54) is 60.2 Å². The van der Waals surface area contributed by atoms with Gasteiger partial charge in [0.2, 0.25) is 0 Å². The molecule has 1 heterocycles. The zero-order valence-corrected chi connectivity index (χ0v) is 22.9. The predicted octanol–water partition coefficient (Wildman–Crippen LogP) is 7.48. The molecular formula is C31H42NRh-. The molecule has 0 aromatic heterocycles. The summed E-state index contributed by atoms with van der Waals surface area (Å²) in [6, 6.07) is 28.4. The van der Waals surface area contributed by atoms with Crippen molar-refractivity contribution in [3.8, 4) is 0 Å². The first-order valence-electron chi connectivity index (χ1n) is 12.3. The van der Waals surface area contributed by atoms with E-state index in [1.54, 1.807) is 0 Å². The summed E-state index contributed by atoms with van der Waals surface area (Å²) in [5.41, 5.74) is 7.20. The Morgan fingerprint density at radius 3 is 1.94 bits per heavy atom. The molecule has 1 fully saturated rings. The molecule has 4 rings (SSSR count). The summed E-state index contributed by atoms with van der Waals surface area (Å²) in [5, 5.41) is 0. The first kappa shape index (κ1) is 29.3. The van der Waals surface area contributed by atoms with Crippen LogP contribution in [0.15, 0.2) is 72.8 Å². The number of hydrogen-bond donors (Lipinski definition) is 0. The van der Waals surface area contributed by atoms with E-state index in [0.29, 0.717) is 0 Å². The molecule has 3 aromatic carbocycles. The standard InChI is InChI=1S/C13H19N.C10H14.C8H9.Rh/c1-14-9-7-13(8-10-14)11-12-5-3-2-4-6-12;1-4-10-7-5-6-8(2)9(10)3;1-2-8-6-4-3-5-7-8;/h2-6,13H,7-11H2,1H3;5-7H,4H2,1-3H3;4-7H,2H2,1H3;/q;;-1;. The molecule has 33 heavy (non-hydrogen) atoms. The molecule has 0 bridgehead atoms. The van der Waals surface area contributed by atoms with Crippen molar-refractivity contribution in [2.75, 3.05) is 20.1 Å². The van der Waals surface area contributed by atoms with Gasteiger partial charge in [-0.15, -0.1) is 0 Å². The van der Waals surface area contributed by atoms with Gasteiger partial charge in [0.05, 0.1) is 0 Å². The van der Waals surface area contributed by atoms with Gasteiger partial charge in [-0.05, 0) is 87.8 Å². The van der Waals surface area contributed by atoms with Crippen LogP contribution in [0, 0.1) is 25.8 Å². The Bertz CT molecular complexity index is 868. The number of likely N-dealkylation sites (tertiary alicyclic amines) is 1. The fraction of sp³-hybridized carbons (Fsp3) is 0.419. The number of rotatable bonds is 4.